The highest BCUT2D eigenvalue weighted by molar-refractivity contribution is 5.41. The number of aromatic nitrogens is 1. The molecule has 3 nitrogen and oxygen atoms in total. The van der Waals surface area contributed by atoms with Crippen molar-refractivity contribution in [2.75, 3.05) is 24.6 Å². The zero-order valence-corrected chi connectivity index (χ0v) is 10.4. The Bertz CT molecular complexity index is 431. The maximum Gasteiger partial charge on any atom is 0.417 e. The zero-order valence-electron chi connectivity index (χ0n) is 10.4. The second-order valence-electron chi connectivity index (χ2n) is 4.38. The van der Waals surface area contributed by atoms with Gasteiger partial charge in [0.1, 0.15) is 5.82 Å². The number of nitrogens with zero attached hydrogens (tertiary/aromatic N) is 2. The molecule has 1 fully saturated rings. The fourth-order valence-corrected chi connectivity index (χ4v) is 2.02. The molecule has 0 spiro atoms. The molecule has 1 aliphatic rings. The average Bonchev–Trinajstić information content (AvgIpc) is 2.84. The average molecular weight is 272 g/mol. The van der Waals surface area contributed by atoms with E-state index in [4.69, 9.17) is 4.74 Å². The molecular formula is C13H15F3N2O. The Hall–Kier alpha value is -1.56. The van der Waals surface area contributed by atoms with Gasteiger partial charge < -0.3 is 9.64 Å². The number of pyridine rings is 1. The van der Waals surface area contributed by atoms with Crippen LogP contribution >= 0.6 is 0 Å². The molecule has 0 N–H and O–H groups in total. The lowest BCUT2D eigenvalue weighted by Crippen LogP contribution is -2.24. The topological polar surface area (TPSA) is 25.4 Å². The summed E-state index contributed by atoms with van der Waals surface area (Å²) in [6, 6.07) is 2.46. The van der Waals surface area contributed by atoms with Gasteiger partial charge in [0.2, 0.25) is 0 Å². The number of anilines is 1. The SMILES string of the molecule is C=CCOC1CCN(c2ccc(C(F)(F)F)cn2)C1. The van der Waals surface area contributed by atoms with Crippen LogP contribution in [0.15, 0.2) is 31.0 Å². The van der Waals surface area contributed by atoms with E-state index < -0.39 is 11.7 Å². The molecule has 1 saturated heterocycles. The fourth-order valence-electron chi connectivity index (χ4n) is 2.02. The van der Waals surface area contributed by atoms with Crippen LogP contribution < -0.4 is 4.90 Å². The van der Waals surface area contributed by atoms with Crippen LogP contribution in [0.25, 0.3) is 0 Å². The van der Waals surface area contributed by atoms with Gasteiger partial charge in [0.25, 0.3) is 0 Å². The van der Waals surface area contributed by atoms with Gasteiger partial charge in [-0.05, 0) is 18.6 Å². The Morgan fingerprint density at radius 3 is 2.84 bits per heavy atom. The third kappa shape index (κ3) is 3.47. The Kier molecular flexibility index (Phi) is 4.09. The molecule has 1 aliphatic heterocycles. The number of hydrogen-bond acceptors (Lipinski definition) is 3. The van der Waals surface area contributed by atoms with Crippen LogP contribution in [0.2, 0.25) is 0 Å². The van der Waals surface area contributed by atoms with Crippen LogP contribution in [0.1, 0.15) is 12.0 Å². The highest BCUT2D eigenvalue weighted by Crippen LogP contribution is 2.30. The van der Waals surface area contributed by atoms with Gasteiger partial charge in [-0.2, -0.15) is 13.2 Å². The fraction of sp³-hybridized carbons (Fsp3) is 0.462. The van der Waals surface area contributed by atoms with Crippen LogP contribution in [-0.2, 0) is 10.9 Å². The Morgan fingerprint density at radius 1 is 1.47 bits per heavy atom. The van der Waals surface area contributed by atoms with Crippen molar-refractivity contribution >= 4 is 5.82 Å². The predicted molar refractivity (Wildman–Crippen MR) is 66.0 cm³/mol. The summed E-state index contributed by atoms with van der Waals surface area (Å²) in [5.74, 6) is 0.553. The van der Waals surface area contributed by atoms with Crippen LogP contribution in [0.5, 0.6) is 0 Å². The summed E-state index contributed by atoms with van der Waals surface area (Å²) in [6.45, 7) is 5.44. The molecule has 0 bridgehead atoms. The highest BCUT2D eigenvalue weighted by Gasteiger charge is 2.31. The summed E-state index contributed by atoms with van der Waals surface area (Å²) < 4.78 is 42.8. The lowest BCUT2D eigenvalue weighted by molar-refractivity contribution is -0.137. The second-order valence-corrected chi connectivity index (χ2v) is 4.38. The van der Waals surface area contributed by atoms with Gasteiger partial charge in [0, 0.05) is 19.3 Å². The summed E-state index contributed by atoms with van der Waals surface area (Å²) >= 11 is 0. The second kappa shape index (κ2) is 5.61. The first-order valence-corrected chi connectivity index (χ1v) is 6.01. The number of alkyl halides is 3. The third-order valence-corrected chi connectivity index (χ3v) is 2.99. The van der Waals surface area contributed by atoms with E-state index in [2.05, 4.69) is 11.6 Å². The van der Waals surface area contributed by atoms with E-state index >= 15 is 0 Å². The Labute approximate surface area is 109 Å². The first-order chi connectivity index (χ1) is 9.00. The zero-order chi connectivity index (χ0) is 13.9. The van der Waals surface area contributed by atoms with Crippen molar-refractivity contribution in [3.05, 3.63) is 36.5 Å². The van der Waals surface area contributed by atoms with Crippen molar-refractivity contribution in [2.24, 2.45) is 0 Å². The van der Waals surface area contributed by atoms with Crippen molar-refractivity contribution < 1.29 is 17.9 Å². The number of halogens is 3. The molecule has 1 aromatic heterocycles. The third-order valence-electron chi connectivity index (χ3n) is 2.99. The van der Waals surface area contributed by atoms with Crippen LogP contribution in [0.3, 0.4) is 0 Å². The van der Waals surface area contributed by atoms with Crippen LogP contribution in [-0.4, -0.2) is 30.8 Å². The largest absolute Gasteiger partial charge is 0.417 e. The Morgan fingerprint density at radius 2 is 2.26 bits per heavy atom. The minimum absolute atomic E-state index is 0.0853. The molecule has 0 aliphatic carbocycles. The maximum atomic E-state index is 12.4. The quantitative estimate of drug-likeness (QED) is 0.788. The van der Waals surface area contributed by atoms with E-state index in [9.17, 15) is 13.2 Å². The minimum Gasteiger partial charge on any atom is -0.372 e. The monoisotopic (exact) mass is 272 g/mol. The lowest BCUT2D eigenvalue weighted by Gasteiger charge is -2.18. The van der Waals surface area contributed by atoms with Crippen molar-refractivity contribution in [3.63, 3.8) is 0 Å². The molecule has 19 heavy (non-hydrogen) atoms. The Balaban J connectivity index is 1.98. The molecule has 6 heteroatoms. The van der Waals surface area contributed by atoms with Gasteiger partial charge in [-0.15, -0.1) is 6.58 Å². The molecule has 2 heterocycles. The molecule has 2 rings (SSSR count). The van der Waals surface area contributed by atoms with Gasteiger partial charge in [0.15, 0.2) is 0 Å². The number of ether oxygens (including phenoxy) is 1. The highest BCUT2D eigenvalue weighted by atomic mass is 19.4. The summed E-state index contributed by atoms with van der Waals surface area (Å²) in [7, 11) is 0. The molecule has 0 amide bonds. The van der Waals surface area contributed by atoms with Crippen molar-refractivity contribution in [1.82, 2.24) is 4.98 Å². The maximum absolute atomic E-state index is 12.4. The van der Waals surface area contributed by atoms with E-state index in [1.807, 2.05) is 4.90 Å². The summed E-state index contributed by atoms with van der Waals surface area (Å²) in [6.07, 6.45) is -0.864. The van der Waals surface area contributed by atoms with Gasteiger partial charge in [-0.3, -0.25) is 0 Å². The van der Waals surface area contributed by atoms with Gasteiger partial charge in [-0.1, -0.05) is 6.08 Å². The van der Waals surface area contributed by atoms with Crippen LogP contribution in [0, 0.1) is 0 Å². The van der Waals surface area contributed by atoms with E-state index in [-0.39, 0.29) is 6.10 Å². The predicted octanol–water partition coefficient (Wildman–Crippen LogP) is 2.88. The van der Waals surface area contributed by atoms with Gasteiger partial charge >= 0.3 is 6.18 Å². The molecule has 0 saturated carbocycles. The van der Waals surface area contributed by atoms with Crippen molar-refractivity contribution in [2.45, 2.75) is 18.7 Å². The normalized spacial score (nSPS) is 19.7. The van der Waals surface area contributed by atoms with E-state index in [0.29, 0.717) is 19.0 Å². The standard InChI is InChI=1S/C13H15F3N2O/c1-2-7-19-11-5-6-18(9-11)12-4-3-10(8-17-12)13(14,15)16/h2-4,8,11H,1,5-7,9H2. The number of rotatable bonds is 4. The van der Waals surface area contributed by atoms with E-state index in [1.54, 1.807) is 6.08 Å². The molecule has 0 radical (unpaired) electrons. The lowest BCUT2D eigenvalue weighted by atomic mass is 10.3. The van der Waals surface area contributed by atoms with E-state index in [1.165, 1.54) is 6.07 Å². The van der Waals surface area contributed by atoms with Gasteiger partial charge in [-0.25, -0.2) is 4.98 Å². The van der Waals surface area contributed by atoms with Crippen molar-refractivity contribution in [1.29, 1.82) is 0 Å². The summed E-state index contributed by atoms with van der Waals surface area (Å²) in [4.78, 5) is 5.80. The first kappa shape index (κ1) is 13.9. The summed E-state index contributed by atoms with van der Waals surface area (Å²) in [5.41, 5.74) is -0.727. The molecule has 104 valence electrons. The smallest absolute Gasteiger partial charge is 0.372 e. The van der Waals surface area contributed by atoms with E-state index in [0.717, 1.165) is 25.2 Å². The van der Waals surface area contributed by atoms with Gasteiger partial charge in [0.05, 0.1) is 18.3 Å². The molecule has 1 atom stereocenters. The first-order valence-electron chi connectivity index (χ1n) is 6.01. The minimum atomic E-state index is -4.34. The van der Waals surface area contributed by atoms with Crippen LogP contribution in [0.4, 0.5) is 19.0 Å². The molecule has 1 aromatic rings. The molecular weight excluding hydrogens is 257 g/mol. The molecule has 0 aromatic carbocycles. The summed E-state index contributed by atoms with van der Waals surface area (Å²) in [5, 5.41) is 0. The molecule has 1 unspecified atom stereocenters. The van der Waals surface area contributed by atoms with Crippen molar-refractivity contribution in [3.8, 4) is 0 Å². The number of hydrogen-bond donors (Lipinski definition) is 0.